The zero-order valence-corrected chi connectivity index (χ0v) is 26.8. The van der Waals surface area contributed by atoms with Crippen molar-refractivity contribution >= 4 is 29.3 Å². The largest absolute Gasteiger partial charge is 0.461 e. The van der Waals surface area contributed by atoms with Gasteiger partial charge >= 0.3 is 5.97 Å². The molecule has 3 rings (SSSR count). The smallest absolute Gasteiger partial charge is 0.316 e. The number of rotatable bonds is 10. The number of hydrogen-bond donors (Lipinski definition) is 1. The van der Waals surface area contributed by atoms with Crippen LogP contribution in [0, 0.1) is 45.8 Å². The van der Waals surface area contributed by atoms with Crippen molar-refractivity contribution in [2.75, 3.05) is 5.75 Å². The predicted molar refractivity (Wildman–Crippen MR) is 159 cm³/mol. The van der Waals surface area contributed by atoms with Crippen LogP contribution in [-0.2, 0) is 19.1 Å². The van der Waals surface area contributed by atoms with E-state index in [1.165, 1.54) is 11.8 Å². The van der Waals surface area contributed by atoms with Crippen LogP contribution in [0.2, 0.25) is 0 Å². The summed E-state index contributed by atoms with van der Waals surface area (Å²) in [6.45, 7) is 22.9. The molecule has 0 amide bonds. The van der Waals surface area contributed by atoms with Gasteiger partial charge in [-0.25, -0.2) is 0 Å². The molecule has 0 aliphatic heterocycles. The molecule has 0 saturated heterocycles. The van der Waals surface area contributed by atoms with E-state index in [0.717, 1.165) is 19.3 Å². The van der Waals surface area contributed by atoms with E-state index >= 15 is 0 Å². The molecular weight excluding hydrogens is 508 g/mol. The van der Waals surface area contributed by atoms with E-state index in [9.17, 15) is 19.5 Å². The fourth-order valence-electron chi connectivity index (χ4n) is 8.04. The van der Waals surface area contributed by atoms with Crippen LogP contribution in [-0.4, -0.2) is 45.4 Å². The molecule has 3 aliphatic rings. The molecule has 0 heterocycles. The number of esters is 1. The number of ketones is 2. The van der Waals surface area contributed by atoms with Crippen LogP contribution in [0.4, 0.5) is 0 Å². The van der Waals surface area contributed by atoms with Gasteiger partial charge in [0.25, 0.3) is 0 Å². The van der Waals surface area contributed by atoms with Gasteiger partial charge in [0.05, 0.1) is 11.9 Å². The lowest BCUT2D eigenvalue weighted by molar-refractivity contribution is -0.205. The van der Waals surface area contributed by atoms with E-state index in [2.05, 4.69) is 55.0 Å². The van der Waals surface area contributed by atoms with Crippen LogP contribution in [0.5, 0.6) is 0 Å². The molecular formula is C33H54O5S. The molecule has 0 radical (unpaired) electrons. The Morgan fingerprint density at radius 3 is 2.44 bits per heavy atom. The van der Waals surface area contributed by atoms with Crippen molar-refractivity contribution in [2.45, 2.75) is 124 Å². The monoisotopic (exact) mass is 562 g/mol. The number of aliphatic hydroxyl groups is 1. The van der Waals surface area contributed by atoms with Gasteiger partial charge in [0.2, 0.25) is 0 Å². The van der Waals surface area contributed by atoms with Crippen LogP contribution in [0.1, 0.15) is 107 Å². The lowest BCUT2D eigenvalue weighted by Gasteiger charge is -2.61. The first-order valence-electron chi connectivity index (χ1n) is 15.2. The van der Waals surface area contributed by atoms with Gasteiger partial charge < -0.3 is 9.84 Å². The third-order valence-electron chi connectivity index (χ3n) is 11.6. The van der Waals surface area contributed by atoms with Crippen molar-refractivity contribution in [1.82, 2.24) is 0 Å². The van der Waals surface area contributed by atoms with Gasteiger partial charge in [-0.15, -0.1) is 18.3 Å². The highest BCUT2D eigenvalue weighted by atomic mass is 32.2. The Morgan fingerprint density at radius 2 is 1.85 bits per heavy atom. The minimum absolute atomic E-state index is 0.0379. The molecule has 39 heavy (non-hydrogen) atoms. The Morgan fingerprint density at radius 1 is 1.21 bits per heavy atom. The highest BCUT2D eigenvalue weighted by molar-refractivity contribution is 8.01. The van der Waals surface area contributed by atoms with Crippen molar-refractivity contribution in [3.8, 4) is 0 Å². The number of carbonyl (C=O) groups excluding carboxylic acids is 3. The summed E-state index contributed by atoms with van der Waals surface area (Å²) in [6.07, 6.45) is 5.55. The van der Waals surface area contributed by atoms with Crippen molar-refractivity contribution in [2.24, 2.45) is 45.8 Å². The maximum Gasteiger partial charge on any atom is 0.316 e. The lowest BCUT2D eigenvalue weighted by Crippen LogP contribution is -2.63. The van der Waals surface area contributed by atoms with Crippen molar-refractivity contribution in [3.05, 3.63) is 12.7 Å². The van der Waals surface area contributed by atoms with E-state index in [1.54, 1.807) is 0 Å². The SMILES string of the molecule is C=C[C@@]1(C)C[C@@H](OC(=O)CSC(C)(C)CCC(=O)C(C)C(C)C)[C@]2(C)[C@H](C)CC[C@]3(CCC(=O)[C@H]32)[C@@H](C)[C@@H]1O. The Kier molecular flexibility index (Phi) is 9.65. The van der Waals surface area contributed by atoms with E-state index in [1.807, 2.05) is 19.9 Å². The molecule has 1 N–H and O–H groups in total. The van der Waals surface area contributed by atoms with Crippen molar-refractivity contribution < 1.29 is 24.2 Å². The minimum atomic E-state index is -0.665. The summed E-state index contributed by atoms with van der Waals surface area (Å²) >= 11 is 1.53. The number of ether oxygens (including phenoxy) is 1. The van der Waals surface area contributed by atoms with E-state index in [4.69, 9.17) is 4.74 Å². The first-order valence-corrected chi connectivity index (χ1v) is 16.1. The molecule has 3 saturated carbocycles. The molecule has 0 aromatic heterocycles. The van der Waals surface area contributed by atoms with Crippen LogP contribution < -0.4 is 0 Å². The first-order chi connectivity index (χ1) is 17.9. The summed E-state index contributed by atoms with van der Waals surface area (Å²) in [4.78, 5) is 39.5. The second-order valence-corrected chi connectivity index (χ2v) is 16.3. The first kappa shape index (κ1) is 32.4. The van der Waals surface area contributed by atoms with Gasteiger partial charge in [0, 0.05) is 40.3 Å². The minimum Gasteiger partial charge on any atom is -0.461 e. The van der Waals surface area contributed by atoms with Crippen molar-refractivity contribution in [3.63, 3.8) is 0 Å². The Labute approximate surface area is 241 Å². The lowest BCUT2D eigenvalue weighted by atomic mass is 9.44. The second-order valence-electron chi connectivity index (χ2n) is 14.6. The summed E-state index contributed by atoms with van der Waals surface area (Å²) in [5, 5.41) is 11.7. The van der Waals surface area contributed by atoms with Gasteiger partial charge in [-0.1, -0.05) is 68.4 Å². The van der Waals surface area contributed by atoms with Gasteiger partial charge in [-0.05, 0) is 55.3 Å². The van der Waals surface area contributed by atoms with Crippen molar-refractivity contribution in [1.29, 1.82) is 0 Å². The summed E-state index contributed by atoms with van der Waals surface area (Å²) in [7, 11) is 0. The number of thioether (sulfide) groups is 1. The average Bonchev–Trinajstić information content (AvgIpc) is 3.24. The molecule has 9 atom stereocenters. The summed E-state index contributed by atoms with van der Waals surface area (Å²) in [5.41, 5.74) is -1.41. The molecule has 6 heteroatoms. The molecule has 3 fully saturated rings. The number of carbonyl (C=O) groups is 3. The normalized spacial score (nSPS) is 39.5. The molecule has 3 aliphatic carbocycles. The highest BCUT2D eigenvalue weighted by Gasteiger charge is 2.68. The van der Waals surface area contributed by atoms with E-state index in [-0.39, 0.29) is 57.1 Å². The average molecular weight is 563 g/mol. The Hall–Kier alpha value is -1.14. The molecule has 0 aromatic carbocycles. The van der Waals surface area contributed by atoms with Crippen LogP contribution >= 0.6 is 11.8 Å². The summed E-state index contributed by atoms with van der Waals surface area (Å²) in [6, 6.07) is 0. The highest BCUT2D eigenvalue weighted by Crippen LogP contribution is 2.68. The fourth-order valence-corrected chi connectivity index (χ4v) is 8.87. The molecule has 2 bridgehead atoms. The maximum absolute atomic E-state index is 13.5. The molecule has 0 spiro atoms. The van der Waals surface area contributed by atoms with Gasteiger partial charge in [0.1, 0.15) is 17.7 Å². The second kappa shape index (κ2) is 11.6. The topological polar surface area (TPSA) is 80.7 Å². The third-order valence-corrected chi connectivity index (χ3v) is 13.0. The molecule has 0 aromatic rings. The zero-order chi connectivity index (χ0) is 29.6. The molecule has 5 nitrogen and oxygen atoms in total. The Bertz CT molecular complexity index is 958. The molecule has 1 unspecified atom stereocenters. The van der Waals surface area contributed by atoms with Gasteiger partial charge in [0.15, 0.2) is 0 Å². The number of aliphatic hydroxyl groups excluding tert-OH is 1. The van der Waals surface area contributed by atoms with Crippen LogP contribution in [0.15, 0.2) is 12.7 Å². The van der Waals surface area contributed by atoms with Crippen LogP contribution in [0.3, 0.4) is 0 Å². The summed E-state index contributed by atoms with van der Waals surface area (Å²) < 4.78 is 6.13. The third kappa shape index (κ3) is 5.94. The van der Waals surface area contributed by atoms with Gasteiger partial charge in [-0.3, -0.25) is 14.4 Å². The van der Waals surface area contributed by atoms with Crippen LogP contribution in [0.25, 0.3) is 0 Å². The summed E-state index contributed by atoms with van der Waals surface area (Å²) in [5.74, 6) is 0.754. The quantitative estimate of drug-likeness (QED) is 0.227. The van der Waals surface area contributed by atoms with E-state index in [0.29, 0.717) is 31.6 Å². The van der Waals surface area contributed by atoms with Gasteiger partial charge in [-0.2, -0.15) is 0 Å². The predicted octanol–water partition coefficient (Wildman–Crippen LogP) is 7.05. The number of Topliss-reactive ketones (excluding diaryl/α,β-unsaturated/α-hetero) is 2. The molecule has 222 valence electrons. The zero-order valence-electron chi connectivity index (χ0n) is 26.0. The fraction of sp³-hybridized carbons (Fsp3) is 0.848. The van der Waals surface area contributed by atoms with E-state index < -0.39 is 23.0 Å². The maximum atomic E-state index is 13.5. The standard InChI is InChI=1S/C33H54O5S/c1-11-31(9)18-26(38-27(36)19-39-30(7,8)15-13-24(34)22(5)20(2)3)32(10)21(4)12-16-33(23(6)29(31)37)17-14-25(35)28(32)33/h11,20-23,26,28-29,37H,1,12-19H2,2-10H3/t21-,22?,23+,26-,28+,29+,31+,32+,33+/m1/s1. The Balaban J connectivity index is 1.82. The number of hydrogen-bond acceptors (Lipinski definition) is 6.